The number of allylic oxidation sites excluding steroid dienone is 2. The van der Waals surface area contributed by atoms with Crippen LogP contribution in [0.2, 0.25) is 0 Å². The fourth-order valence-electron chi connectivity index (χ4n) is 1.19. The van der Waals surface area contributed by atoms with Crippen LogP contribution in [0, 0.1) is 0 Å². The second kappa shape index (κ2) is 18.1. The van der Waals surface area contributed by atoms with Gasteiger partial charge in [-0.2, -0.15) is 0 Å². The molecule has 0 N–H and O–H groups in total. The Morgan fingerprint density at radius 1 is 0.944 bits per heavy atom. The minimum Gasteiger partial charge on any atom is -0.0984 e. The van der Waals surface area contributed by atoms with Gasteiger partial charge in [0.25, 0.3) is 0 Å². The first-order valence-electron chi connectivity index (χ1n) is 7.14. The van der Waals surface area contributed by atoms with Crippen LogP contribution in [0.25, 0.3) is 11.6 Å². The van der Waals surface area contributed by atoms with Crippen LogP contribution in [0.1, 0.15) is 66.5 Å². The summed E-state index contributed by atoms with van der Waals surface area (Å²) in [6.07, 6.45) is 4.00. The van der Waals surface area contributed by atoms with Crippen LogP contribution in [0.4, 0.5) is 0 Å². The van der Waals surface area contributed by atoms with Crippen molar-refractivity contribution in [2.45, 2.75) is 55.4 Å². The molecule has 0 aromatic heterocycles. The van der Waals surface area contributed by atoms with Gasteiger partial charge in [-0.25, -0.2) is 0 Å². The van der Waals surface area contributed by atoms with Gasteiger partial charge >= 0.3 is 0 Å². The SMILES string of the molecule is C=Cc1ccccc1/C(C)=C\C.CC.CC.CC. The number of hydrogen-bond donors (Lipinski definition) is 0. The highest BCUT2D eigenvalue weighted by Gasteiger charge is 1.97. The molecule has 0 nitrogen and oxygen atoms in total. The Hall–Kier alpha value is -1.30. The van der Waals surface area contributed by atoms with E-state index in [1.54, 1.807) is 0 Å². The largest absolute Gasteiger partial charge is 0.0984 e. The summed E-state index contributed by atoms with van der Waals surface area (Å²) >= 11 is 0. The lowest BCUT2D eigenvalue weighted by atomic mass is 10.0. The maximum absolute atomic E-state index is 3.78. The number of hydrogen-bond acceptors (Lipinski definition) is 0. The van der Waals surface area contributed by atoms with E-state index in [0.717, 1.165) is 0 Å². The maximum Gasteiger partial charge on any atom is -0.0158 e. The summed E-state index contributed by atoms with van der Waals surface area (Å²) in [6, 6.07) is 8.28. The zero-order valence-corrected chi connectivity index (χ0v) is 13.7. The lowest BCUT2D eigenvalue weighted by molar-refractivity contribution is 1.50. The van der Waals surface area contributed by atoms with Gasteiger partial charge in [-0.1, -0.05) is 84.5 Å². The van der Waals surface area contributed by atoms with Crippen LogP contribution in [0.3, 0.4) is 0 Å². The minimum absolute atomic E-state index is 1.20. The van der Waals surface area contributed by atoms with Crippen molar-refractivity contribution in [2.24, 2.45) is 0 Å². The van der Waals surface area contributed by atoms with Gasteiger partial charge in [-0.3, -0.25) is 0 Å². The summed E-state index contributed by atoms with van der Waals surface area (Å²) in [7, 11) is 0. The lowest BCUT2D eigenvalue weighted by Gasteiger charge is -2.04. The standard InChI is InChI=1S/C12H14.3C2H6/c1-4-10(3)12-9-7-6-8-11(12)5-2;3*1-2/h4-9H,2H2,1,3H3;3*1-2H3/b10-4-;;;. The summed E-state index contributed by atoms with van der Waals surface area (Å²) in [5.74, 6) is 0. The zero-order valence-electron chi connectivity index (χ0n) is 13.7. The predicted octanol–water partition coefficient (Wildman–Crippen LogP) is 6.83. The first-order chi connectivity index (χ1) is 8.79. The van der Waals surface area contributed by atoms with Crippen molar-refractivity contribution in [1.29, 1.82) is 0 Å². The van der Waals surface area contributed by atoms with Gasteiger partial charge in [0.05, 0.1) is 0 Å². The highest BCUT2D eigenvalue weighted by Crippen LogP contribution is 2.18. The average molecular weight is 248 g/mol. The second-order valence-corrected chi connectivity index (χ2v) is 2.76. The van der Waals surface area contributed by atoms with Gasteiger partial charge < -0.3 is 0 Å². The second-order valence-electron chi connectivity index (χ2n) is 2.76. The third-order valence-corrected chi connectivity index (χ3v) is 2.04. The van der Waals surface area contributed by atoms with E-state index < -0.39 is 0 Å². The van der Waals surface area contributed by atoms with Crippen molar-refractivity contribution < 1.29 is 0 Å². The highest BCUT2D eigenvalue weighted by molar-refractivity contribution is 5.72. The molecular formula is C18H32. The van der Waals surface area contributed by atoms with Gasteiger partial charge in [-0.15, -0.1) is 0 Å². The molecule has 0 saturated heterocycles. The first-order valence-corrected chi connectivity index (χ1v) is 7.14. The highest BCUT2D eigenvalue weighted by atomic mass is 14.0. The van der Waals surface area contributed by atoms with E-state index in [9.17, 15) is 0 Å². The van der Waals surface area contributed by atoms with Crippen molar-refractivity contribution >= 4 is 11.6 Å². The summed E-state index contributed by atoms with van der Waals surface area (Å²) in [5, 5.41) is 0. The lowest BCUT2D eigenvalue weighted by Crippen LogP contribution is -1.83. The molecule has 0 atom stereocenters. The fraction of sp³-hybridized carbons (Fsp3) is 0.444. The van der Waals surface area contributed by atoms with E-state index in [1.807, 2.05) is 53.7 Å². The Morgan fingerprint density at radius 3 is 1.78 bits per heavy atom. The molecule has 0 aliphatic rings. The Bertz CT molecular complexity index is 306. The van der Waals surface area contributed by atoms with Crippen LogP contribution in [-0.2, 0) is 0 Å². The molecule has 1 aromatic carbocycles. The van der Waals surface area contributed by atoms with E-state index in [1.165, 1.54) is 16.7 Å². The van der Waals surface area contributed by atoms with Crippen molar-refractivity contribution in [2.75, 3.05) is 0 Å². The molecular weight excluding hydrogens is 216 g/mol. The quantitative estimate of drug-likeness (QED) is 0.538. The molecule has 0 amide bonds. The van der Waals surface area contributed by atoms with Crippen LogP contribution < -0.4 is 0 Å². The van der Waals surface area contributed by atoms with Crippen molar-refractivity contribution in [3.63, 3.8) is 0 Å². The third kappa shape index (κ3) is 8.81. The topological polar surface area (TPSA) is 0 Å². The van der Waals surface area contributed by atoms with Crippen LogP contribution in [-0.4, -0.2) is 0 Å². The van der Waals surface area contributed by atoms with E-state index in [-0.39, 0.29) is 0 Å². The van der Waals surface area contributed by atoms with E-state index in [4.69, 9.17) is 0 Å². The molecule has 0 heterocycles. The van der Waals surface area contributed by atoms with Gasteiger partial charge in [0.2, 0.25) is 0 Å². The molecule has 0 fully saturated rings. The summed E-state index contributed by atoms with van der Waals surface area (Å²) in [5.41, 5.74) is 3.77. The summed E-state index contributed by atoms with van der Waals surface area (Å²) < 4.78 is 0. The summed E-state index contributed by atoms with van der Waals surface area (Å²) in [4.78, 5) is 0. The smallest absolute Gasteiger partial charge is 0.0158 e. The van der Waals surface area contributed by atoms with Crippen LogP contribution >= 0.6 is 0 Å². The molecule has 1 rings (SSSR count). The minimum atomic E-state index is 1.20. The molecule has 0 saturated carbocycles. The van der Waals surface area contributed by atoms with Gasteiger partial charge in [0.15, 0.2) is 0 Å². The third-order valence-electron chi connectivity index (χ3n) is 2.04. The van der Waals surface area contributed by atoms with Gasteiger partial charge in [-0.05, 0) is 30.5 Å². The van der Waals surface area contributed by atoms with Crippen molar-refractivity contribution in [1.82, 2.24) is 0 Å². The van der Waals surface area contributed by atoms with E-state index in [0.29, 0.717) is 0 Å². The first kappa shape index (κ1) is 21.9. The Kier molecular flexibility index (Phi) is 22.0. The molecule has 0 spiro atoms. The van der Waals surface area contributed by atoms with E-state index >= 15 is 0 Å². The zero-order chi connectivity index (χ0) is 15.0. The molecule has 0 bridgehead atoms. The monoisotopic (exact) mass is 248 g/mol. The van der Waals surface area contributed by atoms with Gasteiger partial charge in [0.1, 0.15) is 0 Å². The Balaban J connectivity index is -0.000000328. The molecule has 18 heavy (non-hydrogen) atoms. The number of rotatable bonds is 2. The van der Waals surface area contributed by atoms with E-state index in [2.05, 4.69) is 44.7 Å². The molecule has 0 unspecified atom stereocenters. The Morgan fingerprint density at radius 2 is 1.39 bits per heavy atom. The maximum atomic E-state index is 3.78. The average Bonchev–Trinajstić information content (AvgIpc) is 2.52. The van der Waals surface area contributed by atoms with Crippen LogP contribution in [0.15, 0.2) is 36.9 Å². The molecule has 0 heteroatoms. The van der Waals surface area contributed by atoms with Crippen molar-refractivity contribution in [3.8, 4) is 0 Å². The molecule has 104 valence electrons. The predicted molar refractivity (Wildman–Crippen MR) is 89.9 cm³/mol. The normalized spacial score (nSPS) is 8.56. The fourth-order valence-corrected chi connectivity index (χ4v) is 1.19. The number of benzene rings is 1. The molecule has 0 aliphatic carbocycles. The van der Waals surface area contributed by atoms with Gasteiger partial charge in [0, 0.05) is 0 Å². The Labute approximate surface area is 115 Å². The van der Waals surface area contributed by atoms with Crippen LogP contribution in [0.5, 0.6) is 0 Å². The molecule has 1 aromatic rings. The molecule has 0 radical (unpaired) electrons. The van der Waals surface area contributed by atoms with Crippen molar-refractivity contribution in [3.05, 3.63) is 48.0 Å². The molecule has 0 aliphatic heterocycles. The summed E-state index contributed by atoms with van der Waals surface area (Å²) in [6.45, 7) is 19.9.